The predicted octanol–water partition coefficient (Wildman–Crippen LogP) is 4.22. The molecule has 3 rings (SSSR count). The average Bonchev–Trinajstić information content (AvgIpc) is 2.75. The maximum Gasteiger partial charge on any atom is 0.498 e. The number of benzene rings is 2. The summed E-state index contributed by atoms with van der Waals surface area (Å²) in [6.45, 7) is 8.56. The molecule has 2 aromatic rings. The molecule has 5 heteroatoms. The Balaban J connectivity index is 1.86. The van der Waals surface area contributed by atoms with Crippen LogP contribution in [0.1, 0.15) is 33.3 Å². The Morgan fingerprint density at radius 3 is 2.17 bits per heavy atom. The van der Waals surface area contributed by atoms with Crippen LogP contribution in [0.4, 0.5) is 0 Å². The molecule has 0 unspecified atom stereocenters. The molecule has 1 aliphatic heterocycles. The summed E-state index contributed by atoms with van der Waals surface area (Å²) in [7, 11) is -0.500. The monoisotopic (exact) mass is 344 g/mol. The molecule has 0 aliphatic carbocycles. The van der Waals surface area contributed by atoms with Gasteiger partial charge in [0.1, 0.15) is 12.4 Å². The molecule has 0 aromatic heterocycles. The van der Waals surface area contributed by atoms with Crippen LogP contribution in [-0.4, -0.2) is 18.3 Å². The summed E-state index contributed by atoms with van der Waals surface area (Å²) < 4.78 is 18.3. The van der Waals surface area contributed by atoms with Crippen LogP contribution in [0, 0.1) is 0 Å². The Morgan fingerprint density at radius 2 is 1.54 bits per heavy atom. The lowest BCUT2D eigenvalue weighted by Gasteiger charge is -2.32. The number of ether oxygens (including phenoxy) is 1. The molecule has 0 amide bonds. The van der Waals surface area contributed by atoms with E-state index in [0.29, 0.717) is 17.4 Å². The maximum atomic E-state index is 6.38. The lowest BCUT2D eigenvalue weighted by atomic mass is 9.78. The Labute approximate surface area is 149 Å². The van der Waals surface area contributed by atoms with Crippen LogP contribution in [0.15, 0.2) is 48.5 Å². The lowest BCUT2D eigenvalue weighted by Crippen LogP contribution is -2.41. The van der Waals surface area contributed by atoms with Gasteiger partial charge in [0.25, 0.3) is 0 Å². The van der Waals surface area contributed by atoms with Crippen molar-refractivity contribution in [3.8, 4) is 5.75 Å². The third-order valence-corrected chi connectivity index (χ3v) is 5.03. The normalized spacial score (nSPS) is 18.6. The van der Waals surface area contributed by atoms with Gasteiger partial charge in [-0.1, -0.05) is 54.1 Å². The van der Waals surface area contributed by atoms with E-state index < -0.39 is 18.3 Å². The maximum absolute atomic E-state index is 6.38. The van der Waals surface area contributed by atoms with Crippen molar-refractivity contribution in [3.63, 3.8) is 0 Å². The van der Waals surface area contributed by atoms with Crippen molar-refractivity contribution < 1.29 is 14.0 Å². The van der Waals surface area contributed by atoms with Crippen LogP contribution < -0.4 is 10.2 Å². The highest BCUT2D eigenvalue weighted by Crippen LogP contribution is 2.38. The summed E-state index contributed by atoms with van der Waals surface area (Å²) >= 11 is 6.38. The number of hydrogen-bond acceptors (Lipinski definition) is 3. The fraction of sp³-hybridized carbons (Fsp3) is 0.368. The molecule has 2 aromatic carbocycles. The van der Waals surface area contributed by atoms with Crippen molar-refractivity contribution in [1.29, 1.82) is 0 Å². The first-order valence-corrected chi connectivity index (χ1v) is 8.49. The Bertz CT molecular complexity index is 700. The molecule has 0 N–H and O–H groups in total. The summed E-state index contributed by atoms with van der Waals surface area (Å²) in [4.78, 5) is 0. The van der Waals surface area contributed by atoms with Gasteiger partial charge in [0.2, 0.25) is 0 Å². The molecule has 0 spiro atoms. The summed E-state index contributed by atoms with van der Waals surface area (Å²) in [5, 5.41) is 0.554. The zero-order valence-electron chi connectivity index (χ0n) is 14.5. The Hall–Kier alpha value is -1.49. The van der Waals surface area contributed by atoms with Gasteiger partial charge in [0.05, 0.1) is 16.2 Å². The van der Waals surface area contributed by atoms with Crippen LogP contribution in [0.5, 0.6) is 5.75 Å². The van der Waals surface area contributed by atoms with Gasteiger partial charge in [-0.3, -0.25) is 0 Å². The molecule has 1 heterocycles. The molecule has 1 aliphatic rings. The minimum absolute atomic E-state index is 0.406. The molecule has 0 radical (unpaired) electrons. The molecule has 0 bridgehead atoms. The third-order valence-electron chi connectivity index (χ3n) is 4.73. The summed E-state index contributed by atoms with van der Waals surface area (Å²) in [6, 6.07) is 15.6. The standard InChI is InChI=1S/C19H22BClO3/c1-18(2)19(3,4)24-20(23-18)15-11-8-12-16(21)17(15)22-13-14-9-6-5-7-10-14/h5-12H,13H2,1-4H3. The number of rotatable bonds is 4. The van der Waals surface area contributed by atoms with Gasteiger partial charge in [-0.15, -0.1) is 0 Å². The zero-order chi connectivity index (χ0) is 17.4. The number of hydrogen-bond donors (Lipinski definition) is 0. The second-order valence-corrected chi connectivity index (χ2v) is 7.43. The van der Waals surface area contributed by atoms with Gasteiger partial charge in [0, 0.05) is 5.46 Å². The fourth-order valence-electron chi connectivity index (χ4n) is 2.56. The first-order valence-electron chi connectivity index (χ1n) is 8.11. The van der Waals surface area contributed by atoms with Crippen molar-refractivity contribution in [2.75, 3.05) is 0 Å². The van der Waals surface area contributed by atoms with E-state index in [1.165, 1.54) is 0 Å². The molecular formula is C19H22BClO3. The van der Waals surface area contributed by atoms with E-state index in [1.54, 1.807) is 0 Å². The van der Waals surface area contributed by atoms with E-state index in [9.17, 15) is 0 Å². The number of halogens is 1. The van der Waals surface area contributed by atoms with Crippen LogP contribution in [0.3, 0.4) is 0 Å². The minimum Gasteiger partial charge on any atom is -0.488 e. The number of para-hydroxylation sites is 1. The summed E-state index contributed by atoms with van der Waals surface area (Å²) in [6.07, 6.45) is 0. The third kappa shape index (κ3) is 3.32. The lowest BCUT2D eigenvalue weighted by molar-refractivity contribution is 0.00578. The van der Waals surface area contributed by atoms with Gasteiger partial charge in [0.15, 0.2) is 0 Å². The van der Waals surface area contributed by atoms with E-state index in [1.807, 2.05) is 76.2 Å². The molecule has 3 nitrogen and oxygen atoms in total. The Morgan fingerprint density at radius 1 is 0.917 bits per heavy atom. The molecule has 1 fully saturated rings. The predicted molar refractivity (Wildman–Crippen MR) is 97.9 cm³/mol. The van der Waals surface area contributed by atoms with Gasteiger partial charge in [-0.05, 0) is 39.3 Å². The average molecular weight is 345 g/mol. The van der Waals surface area contributed by atoms with E-state index in [4.69, 9.17) is 25.6 Å². The van der Waals surface area contributed by atoms with Gasteiger partial charge < -0.3 is 14.0 Å². The van der Waals surface area contributed by atoms with Crippen molar-refractivity contribution in [2.24, 2.45) is 0 Å². The summed E-state index contributed by atoms with van der Waals surface area (Å²) in [5.74, 6) is 0.613. The van der Waals surface area contributed by atoms with Gasteiger partial charge in [-0.25, -0.2) is 0 Å². The SMILES string of the molecule is CC1(C)OB(c2cccc(Cl)c2OCc2ccccc2)OC1(C)C. The van der Waals surface area contributed by atoms with Crippen molar-refractivity contribution in [3.05, 3.63) is 59.1 Å². The van der Waals surface area contributed by atoms with Crippen LogP contribution >= 0.6 is 11.6 Å². The van der Waals surface area contributed by atoms with Crippen molar-refractivity contribution >= 4 is 24.2 Å². The van der Waals surface area contributed by atoms with Gasteiger partial charge >= 0.3 is 7.12 Å². The highest BCUT2D eigenvalue weighted by molar-refractivity contribution is 6.63. The second-order valence-electron chi connectivity index (χ2n) is 7.02. The first kappa shape index (κ1) is 17.3. The molecule has 0 atom stereocenters. The minimum atomic E-state index is -0.500. The summed E-state index contributed by atoms with van der Waals surface area (Å²) in [5.41, 5.74) is 1.09. The van der Waals surface area contributed by atoms with Crippen molar-refractivity contribution in [2.45, 2.75) is 45.5 Å². The van der Waals surface area contributed by atoms with E-state index in [2.05, 4.69) is 0 Å². The molecule has 1 saturated heterocycles. The van der Waals surface area contributed by atoms with Crippen LogP contribution in [-0.2, 0) is 15.9 Å². The second kappa shape index (κ2) is 6.43. The van der Waals surface area contributed by atoms with E-state index >= 15 is 0 Å². The quantitative estimate of drug-likeness (QED) is 0.777. The molecule has 126 valence electrons. The van der Waals surface area contributed by atoms with E-state index in [0.717, 1.165) is 11.0 Å². The Kier molecular flexibility index (Phi) is 4.65. The molecule has 24 heavy (non-hydrogen) atoms. The van der Waals surface area contributed by atoms with Crippen molar-refractivity contribution in [1.82, 2.24) is 0 Å². The zero-order valence-corrected chi connectivity index (χ0v) is 15.3. The molecular weight excluding hydrogens is 322 g/mol. The highest BCUT2D eigenvalue weighted by atomic mass is 35.5. The smallest absolute Gasteiger partial charge is 0.488 e. The van der Waals surface area contributed by atoms with Gasteiger partial charge in [-0.2, -0.15) is 0 Å². The highest BCUT2D eigenvalue weighted by Gasteiger charge is 2.52. The van der Waals surface area contributed by atoms with Crippen LogP contribution in [0.25, 0.3) is 0 Å². The van der Waals surface area contributed by atoms with E-state index in [-0.39, 0.29) is 0 Å². The largest absolute Gasteiger partial charge is 0.498 e. The fourth-order valence-corrected chi connectivity index (χ4v) is 2.80. The van der Waals surface area contributed by atoms with Crippen LogP contribution in [0.2, 0.25) is 5.02 Å². The molecule has 0 saturated carbocycles. The first-order chi connectivity index (χ1) is 11.3. The topological polar surface area (TPSA) is 27.7 Å².